The predicted octanol–water partition coefficient (Wildman–Crippen LogP) is -0.525. The van der Waals surface area contributed by atoms with Gasteiger partial charge in [-0.2, -0.15) is 0 Å². The maximum absolute atomic E-state index is 14.1. The van der Waals surface area contributed by atoms with Gasteiger partial charge in [0.15, 0.2) is 55.7 Å². The van der Waals surface area contributed by atoms with Crippen LogP contribution in [0.5, 0.6) is 0 Å². The van der Waals surface area contributed by atoms with Crippen molar-refractivity contribution in [3.8, 4) is 0 Å². The first-order valence-corrected chi connectivity index (χ1v) is 25.8. The molecule has 82 heavy (non-hydrogen) atoms. The average molecular weight is 1170 g/mol. The smallest absolute Gasteiger partial charge is 0.303 e. The van der Waals surface area contributed by atoms with Crippen molar-refractivity contribution >= 4 is 53.6 Å². The van der Waals surface area contributed by atoms with Crippen LogP contribution in [-0.4, -0.2) is 250 Å². The molecule has 0 bridgehead atoms. The number of ether oxygens (including phenoxy) is 20. The Labute approximate surface area is 471 Å². The summed E-state index contributed by atoms with van der Waals surface area (Å²) in [6, 6.07) is 6.10. The van der Waals surface area contributed by atoms with Gasteiger partial charge >= 0.3 is 41.8 Å². The SMILES string of the molecule is COCC1O[C@@H](OC)C(OC)[C@@H](OC)[C@H]1O[C@@H]1OC(CN2C(=O)c3ccccc3C2=O)[C@H](O[C@H]2OC(COC(C)=O)[C@@H](O[C@H]3OC(COC(C)=O)[C@@H](OC(C)=O)C(OC(C)=O)C3OC(C)=O)C(OC(C)=O)C2OC(C)=O)[C@H](OC)C1OC. The molecule has 20 atom stereocenters. The highest BCUT2D eigenvalue weighted by molar-refractivity contribution is 6.21. The fourth-order valence-electron chi connectivity index (χ4n) is 10.3. The normalized spacial score (nSPS) is 34.5. The van der Waals surface area contributed by atoms with Crippen LogP contribution in [0.25, 0.3) is 0 Å². The van der Waals surface area contributed by atoms with Gasteiger partial charge in [0.1, 0.15) is 80.4 Å². The van der Waals surface area contributed by atoms with E-state index in [-0.39, 0.29) is 17.7 Å². The molecule has 0 aliphatic carbocycles. The average Bonchev–Trinajstić information content (AvgIpc) is 3.78. The Morgan fingerprint density at radius 3 is 1.11 bits per heavy atom. The van der Waals surface area contributed by atoms with Gasteiger partial charge < -0.3 is 94.7 Å². The lowest BCUT2D eigenvalue weighted by Gasteiger charge is -2.51. The number of amides is 2. The molecule has 4 saturated heterocycles. The van der Waals surface area contributed by atoms with Crippen molar-refractivity contribution in [1.29, 1.82) is 0 Å². The van der Waals surface area contributed by atoms with Gasteiger partial charge in [0.05, 0.1) is 24.3 Å². The van der Waals surface area contributed by atoms with E-state index in [9.17, 15) is 43.2 Å². The maximum Gasteiger partial charge on any atom is 0.303 e. The molecule has 2 amide bonds. The van der Waals surface area contributed by atoms with E-state index < -0.39 is 196 Å². The quantitative estimate of drug-likeness (QED) is 0.0714. The van der Waals surface area contributed by atoms with E-state index in [0.717, 1.165) is 53.4 Å². The third-order valence-corrected chi connectivity index (χ3v) is 13.5. The number of carbonyl (C=O) groups is 9. The van der Waals surface area contributed by atoms with Crippen LogP contribution in [0.2, 0.25) is 0 Å². The zero-order chi connectivity index (χ0) is 60.3. The van der Waals surface area contributed by atoms with Crippen LogP contribution in [0.15, 0.2) is 24.3 Å². The number of imide groups is 1. The van der Waals surface area contributed by atoms with Crippen molar-refractivity contribution in [3.63, 3.8) is 0 Å². The molecule has 5 aliphatic heterocycles. The Kier molecular flexibility index (Phi) is 23.6. The summed E-state index contributed by atoms with van der Waals surface area (Å²) in [5.41, 5.74) is 0.167. The van der Waals surface area contributed by atoms with E-state index in [0.29, 0.717) is 0 Å². The van der Waals surface area contributed by atoms with Crippen molar-refractivity contribution in [2.75, 3.05) is 69.0 Å². The fraction of sp³-hybridized carbons (Fsp3) is 0.712. The number of carbonyl (C=O) groups excluding carboxylic acids is 9. The number of fused-ring (bicyclic) bond motifs is 1. The molecule has 5 aliphatic rings. The van der Waals surface area contributed by atoms with Gasteiger partial charge in [0, 0.05) is 91.1 Å². The summed E-state index contributed by atoms with van der Waals surface area (Å²) in [5.74, 6) is -8.04. The van der Waals surface area contributed by atoms with Crippen LogP contribution in [0.4, 0.5) is 0 Å². The van der Waals surface area contributed by atoms with Crippen molar-refractivity contribution in [2.24, 2.45) is 0 Å². The number of nitrogens with zero attached hydrogens (tertiary/aromatic N) is 1. The summed E-state index contributed by atoms with van der Waals surface area (Å²) in [6.07, 6.45) is -30.1. The third-order valence-electron chi connectivity index (χ3n) is 13.5. The molecule has 1 aromatic rings. The van der Waals surface area contributed by atoms with E-state index >= 15 is 0 Å². The first-order valence-electron chi connectivity index (χ1n) is 25.8. The number of methoxy groups -OCH3 is 6. The van der Waals surface area contributed by atoms with E-state index in [1.54, 1.807) is 12.1 Å². The number of esters is 7. The molecule has 0 saturated carbocycles. The van der Waals surface area contributed by atoms with E-state index in [1.807, 2.05) is 0 Å². The molecule has 0 N–H and O–H groups in total. The largest absolute Gasteiger partial charge is 0.463 e. The van der Waals surface area contributed by atoms with Gasteiger partial charge in [0.2, 0.25) is 0 Å². The molecule has 5 heterocycles. The Bertz CT molecular complexity index is 2390. The minimum atomic E-state index is -1.98. The van der Waals surface area contributed by atoms with Crippen LogP contribution in [0.1, 0.15) is 69.2 Å². The zero-order valence-corrected chi connectivity index (χ0v) is 47.5. The summed E-state index contributed by atoms with van der Waals surface area (Å²) >= 11 is 0. The Morgan fingerprint density at radius 1 is 0.378 bits per heavy atom. The highest BCUT2D eigenvalue weighted by atomic mass is 16.8. The van der Waals surface area contributed by atoms with Gasteiger partial charge in [-0.25, -0.2) is 0 Å². The summed E-state index contributed by atoms with van der Waals surface area (Å²) < 4.78 is 120. The van der Waals surface area contributed by atoms with Gasteiger partial charge in [-0.3, -0.25) is 48.1 Å². The van der Waals surface area contributed by atoms with Crippen LogP contribution >= 0.6 is 0 Å². The first kappa shape index (κ1) is 65.3. The molecule has 4 fully saturated rings. The fourth-order valence-corrected chi connectivity index (χ4v) is 10.3. The molecule has 0 radical (unpaired) electrons. The van der Waals surface area contributed by atoms with E-state index in [1.165, 1.54) is 54.8 Å². The second-order valence-electron chi connectivity index (χ2n) is 19.2. The Morgan fingerprint density at radius 2 is 0.707 bits per heavy atom. The second kappa shape index (κ2) is 29.6. The molecule has 30 heteroatoms. The molecule has 0 spiro atoms. The monoisotopic (exact) mass is 1170 g/mol. The molecular formula is C52H71NO29. The van der Waals surface area contributed by atoms with Crippen molar-refractivity contribution in [1.82, 2.24) is 4.90 Å². The highest BCUT2D eigenvalue weighted by Gasteiger charge is 2.61. The van der Waals surface area contributed by atoms with Crippen molar-refractivity contribution < 1.29 is 138 Å². The summed E-state index contributed by atoms with van der Waals surface area (Å²) in [5, 5.41) is 0. The summed E-state index contributed by atoms with van der Waals surface area (Å²) in [7, 11) is 8.26. The Hall–Kier alpha value is -5.87. The van der Waals surface area contributed by atoms with Gasteiger partial charge in [0.25, 0.3) is 11.8 Å². The highest BCUT2D eigenvalue weighted by Crippen LogP contribution is 2.40. The van der Waals surface area contributed by atoms with Gasteiger partial charge in [-0.05, 0) is 12.1 Å². The molecule has 0 aromatic heterocycles. The molecule has 6 rings (SSSR count). The molecular weight excluding hydrogens is 1100 g/mol. The molecule has 458 valence electrons. The maximum atomic E-state index is 14.1. The lowest BCUT2D eigenvalue weighted by Crippen LogP contribution is -2.69. The second-order valence-corrected chi connectivity index (χ2v) is 19.2. The van der Waals surface area contributed by atoms with Crippen molar-refractivity contribution in [3.05, 3.63) is 35.4 Å². The van der Waals surface area contributed by atoms with Crippen LogP contribution in [0.3, 0.4) is 0 Å². The van der Waals surface area contributed by atoms with Crippen LogP contribution in [0, 0.1) is 0 Å². The van der Waals surface area contributed by atoms with E-state index in [4.69, 9.17) is 94.7 Å². The number of hydrogen-bond donors (Lipinski definition) is 0. The minimum Gasteiger partial charge on any atom is -0.463 e. The lowest BCUT2D eigenvalue weighted by molar-refractivity contribution is -0.390. The standard InChI is InChI=1S/C52H71NO29/c1-22(54)69-20-33-37(71-24(3)56)41(72-25(4)57)45(74-27(6)59)52(78-33)82-38-34(21-70-23(2)55)79-51(46(75-28(7)60)42(38)73-26(5)58)80-35-31(18-53-47(61)29-16-14-15-17-30(29)48(53)62)76-50(44(67-12)39(35)64-9)81-36-32(19-63-8)77-49(68-13)43(66-11)40(36)65-10/h14-17,31-46,49-52H,18-21H2,1-13H3/t31?,32?,33?,34?,35-,36-,37+,38+,39-,40-,41?,42?,43?,44?,45?,46?,49+,50-,51+,52+/m0/s1. The number of benzene rings is 1. The van der Waals surface area contributed by atoms with Gasteiger partial charge in [-0.15, -0.1) is 0 Å². The molecule has 10 unspecified atom stereocenters. The Balaban J connectivity index is 1.47. The van der Waals surface area contributed by atoms with Crippen molar-refractivity contribution in [2.45, 2.75) is 171 Å². The topological polar surface area (TPSA) is 341 Å². The molecule has 30 nitrogen and oxygen atoms in total. The van der Waals surface area contributed by atoms with Gasteiger partial charge in [-0.1, -0.05) is 12.1 Å². The lowest BCUT2D eigenvalue weighted by atomic mass is 9.94. The van der Waals surface area contributed by atoms with E-state index in [2.05, 4.69) is 0 Å². The van der Waals surface area contributed by atoms with Crippen LogP contribution < -0.4 is 0 Å². The summed E-state index contributed by atoms with van der Waals surface area (Å²) in [4.78, 5) is 119. The zero-order valence-electron chi connectivity index (χ0n) is 47.5. The summed E-state index contributed by atoms with van der Waals surface area (Å²) in [6.45, 7) is 5.05. The molecule has 1 aromatic carbocycles. The first-order chi connectivity index (χ1) is 39.0. The predicted molar refractivity (Wildman–Crippen MR) is 264 cm³/mol. The third kappa shape index (κ3) is 15.5. The van der Waals surface area contributed by atoms with Crippen LogP contribution in [-0.2, 0) is 128 Å². The number of hydrogen-bond acceptors (Lipinski definition) is 29. The minimum absolute atomic E-state index is 0.0594. The number of rotatable bonds is 24.